The van der Waals surface area contributed by atoms with Crippen molar-refractivity contribution in [2.45, 2.75) is 6.42 Å². The van der Waals surface area contributed by atoms with Crippen molar-refractivity contribution in [2.75, 3.05) is 13.1 Å². The van der Waals surface area contributed by atoms with E-state index < -0.39 is 9.24 Å². The summed E-state index contributed by atoms with van der Waals surface area (Å²) < 4.78 is 36.1. The lowest BCUT2D eigenvalue weighted by Crippen LogP contribution is -2.31. The Balaban J connectivity index is 2.16. The van der Waals surface area contributed by atoms with Crippen molar-refractivity contribution in [1.29, 1.82) is 0 Å². The highest BCUT2D eigenvalue weighted by molar-refractivity contribution is 8.11. The minimum Gasteiger partial charge on any atom is -0.207 e. The predicted molar refractivity (Wildman–Crippen MR) is 65.3 cm³/mol. The summed E-state index contributed by atoms with van der Waals surface area (Å²) >= 11 is 0. The molecule has 92 valence electrons. The van der Waals surface area contributed by atoms with Crippen LogP contribution in [-0.2, 0) is 9.24 Å². The summed E-state index contributed by atoms with van der Waals surface area (Å²) in [6.07, 6.45) is 2.38. The molecule has 17 heavy (non-hydrogen) atoms. The lowest BCUT2D eigenvalue weighted by atomic mass is 10.0. The summed E-state index contributed by atoms with van der Waals surface area (Å²) in [6, 6.07) is 6.15. The number of nitrogens with zero attached hydrogens (tertiary/aromatic N) is 1. The fourth-order valence-electron chi connectivity index (χ4n) is 1.77. The third kappa shape index (κ3) is 3.06. The molecular weight excluding hydrogens is 265 g/mol. The molecule has 1 aliphatic heterocycles. The first-order chi connectivity index (χ1) is 7.97. The average molecular weight is 276 g/mol. The molecule has 1 heterocycles. The Morgan fingerprint density at radius 1 is 1.24 bits per heavy atom. The van der Waals surface area contributed by atoms with Crippen LogP contribution in [0.1, 0.15) is 12.0 Å². The van der Waals surface area contributed by atoms with Crippen LogP contribution in [0.25, 0.3) is 5.57 Å². The molecule has 0 unspecified atom stereocenters. The van der Waals surface area contributed by atoms with Gasteiger partial charge in [0.2, 0.25) is 0 Å². The second-order valence-corrected chi connectivity index (χ2v) is 6.30. The van der Waals surface area contributed by atoms with Crippen LogP contribution in [0.4, 0.5) is 4.39 Å². The molecule has 0 spiro atoms. The smallest absolute Gasteiger partial charge is 0.207 e. The molecule has 1 aromatic carbocycles. The Bertz CT molecular complexity index is 539. The van der Waals surface area contributed by atoms with Gasteiger partial charge in [-0.3, -0.25) is 0 Å². The van der Waals surface area contributed by atoms with Crippen LogP contribution in [0.2, 0.25) is 0 Å². The van der Waals surface area contributed by atoms with Gasteiger partial charge in [0.25, 0.3) is 9.24 Å². The maximum Gasteiger partial charge on any atom is 0.300 e. The summed E-state index contributed by atoms with van der Waals surface area (Å²) in [4.78, 5) is 0. The minimum absolute atomic E-state index is 0.262. The molecule has 2 rings (SSSR count). The van der Waals surface area contributed by atoms with Crippen molar-refractivity contribution in [3.63, 3.8) is 0 Å². The van der Waals surface area contributed by atoms with Gasteiger partial charge in [-0.1, -0.05) is 18.2 Å². The van der Waals surface area contributed by atoms with Crippen LogP contribution in [-0.4, -0.2) is 25.8 Å². The van der Waals surface area contributed by atoms with Gasteiger partial charge in [0, 0.05) is 23.8 Å². The zero-order chi connectivity index (χ0) is 12.5. The molecule has 0 saturated heterocycles. The van der Waals surface area contributed by atoms with Crippen LogP contribution in [0.5, 0.6) is 0 Å². The maximum atomic E-state index is 12.7. The summed E-state index contributed by atoms with van der Waals surface area (Å²) in [5.41, 5.74) is 1.93. The van der Waals surface area contributed by atoms with Crippen LogP contribution in [0.3, 0.4) is 0 Å². The van der Waals surface area contributed by atoms with Gasteiger partial charge >= 0.3 is 0 Å². The van der Waals surface area contributed by atoms with E-state index in [4.69, 9.17) is 10.7 Å². The lowest BCUT2D eigenvalue weighted by Gasteiger charge is -2.23. The third-order valence-corrected chi connectivity index (χ3v) is 4.23. The molecular formula is C11H11ClFNO2S. The standard InChI is InChI=1S/C11H11ClFNO2S/c12-17(15,16)14-7-5-10(6-8-14)9-1-3-11(13)4-2-9/h1-5H,6-8H2. The van der Waals surface area contributed by atoms with Gasteiger partial charge in [-0.25, -0.2) is 4.39 Å². The Kier molecular flexibility index (Phi) is 3.51. The fourth-order valence-corrected chi connectivity index (χ4v) is 2.71. The Hall–Kier alpha value is -0.910. The largest absolute Gasteiger partial charge is 0.300 e. The van der Waals surface area contributed by atoms with E-state index in [0.29, 0.717) is 13.0 Å². The molecule has 0 N–H and O–H groups in total. The van der Waals surface area contributed by atoms with Crippen molar-refractivity contribution < 1.29 is 12.8 Å². The van der Waals surface area contributed by atoms with E-state index in [1.54, 1.807) is 18.2 Å². The van der Waals surface area contributed by atoms with Crippen LogP contribution < -0.4 is 0 Å². The van der Waals surface area contributed by atoms with Crippen LogP contribution in [0, 0.1) is 5.82 Å². The summed E-state index contributed by atoms with van der Waals surface area (Å²) in [5, 5.41) is 0. The second kappa shape index (κ2) is 4.76. The number of hydrogen-bond donors (Lipinski definition) is 0. The highest BCUT2D eigenvalue weighted by Gasteiger charge is 2.21. The lowest BCUT2D eigenvalue weighted by molar-refractivity contribution is 0.453. The number of hydrogen-bond acceptors (Lipinski definition) is 2. The number of benzene rings is 1. The highest BCUT2D eigenvalue weighted by Crippen LogP contribution is 2.24. The van der Waals surface area contributed by atoms with Gasteiger partial charge in [0.1, 0.15) is 5.82 Å². The van der Waals surface area contributed by atoms with Crippen molar-refractivity contribution in [1.82, 2.24) is 4.31 Å². The quantitative estimate of drug-likeness (QED) is 0.777. The topological polar surface area (TPSA) is 37.4 Å². The average Bonchev–Trinajstić information content (AvgIpc) is 2.29. The molecule has 0 atom stereocenters. The highest BCUT2D eigenvalue weighted by atomic mass is 35.7. The van der Waals surface area contributed by atoms with Gasteiger partial charge < -0.3 is 0 Å². The van der Waals surface area contributed by atoms with Gasteiger partial charge in [0.05, 0.1) is 0 Å². The second-order valence-electron chi connectivity index (χ2n) is 3.79. The van der Waals surface area contributed by atoms with Gasteiger partial charge in [-0.15, -0.1) is 0 Å². The molecule has 0 bridgehead atoms. The molecule has 1 aliphatic rings. The van der Waals surface area contributed by atoms with Gasteiger partial charge in [0.15, 0.2) is 0 Å². The first-order valence-electron chi connectivity index (χ1n) is 5.11. The van der Waals surface area contributed by atoms with Crippen molar-refractivity contribution in [2.24, 2.45) is 0 Å². The summed E-state index contributed by atoms with van der Waals surface area (Å²) in [7, 11) is 1.61. The molecule has 1 aromatic rings. The predicted octanol–water partition coefficient (Wildman–Crippen LogP) is 2.40. The normalized spacial score (nSPS) is 17.9. The molecule has 0 amide bonds. The minimum atomic E-state index is -3.64. The number of rotatable bonds is 2. The maximum absolute atomic E-state index is 12.7. The van der Waals surface area contributed by atoms with Crippen molar-refractivity contribution in [3.8, 4) is 0 Å². The summed E-state index contributed by atoms with van der Waals surface area (Å²) in [5.74, 6) is -0.282. The summed E-state index contributed by atoms with van der Waals surface area (Å²) in [6.45, 7) is 0.619. The monoisotopic (exact) mass is 275 g/mol. The zero-order valence-electron chi connectivity index (χ0n) is 8.94. The van der Waals surface area contributed by atoms with Crippen molar-refractivity contribution >= 4 is 25.5 Å². The molecule has 0 aromatic heterocycles. The third-order valence-electron chi connectivity index (χ3n) is 2.70. The van der Waals surface area contributed by atoms with E-state index in [1.165, 1.54) is 16.4 Å². The van der Waals surface area contributed by atoms with Crippen LogP contribution in [0.15, 0.2) is 30.3 Å². The fraction of sp³-hybridized carbons (Fsp3) is 0.273. The van der Waals surface area contributed by atoms with Gasteiger partial charge in [-0.05, 0) is 29.7 Å². The van der Waals surface area contributed by atoms with E-state index >= 15 is 0 Å². The zero-order valence-corrected chi connectivity index (χ0v) is 10.5. The molecule has 0 saturated carbocycles. The first kappa shape index (κ1) is 12.5. The first-order valence-corrected chi connectivity index (χ1v) is 7.38. The molecule has 0 fully saturated rings. The van der Waals surface area contributed by atoms with E-state index in [1.807, 2.05) is 0 Å². The molecule has 0 radical (unpaired) electrons. The van der Waals surface area contributed by atoms with E-state index in [9.17, 15) is 12.8 Å². The molecule has 6 heteroatoms. The van der Waals surface area contributed by atoms with E-state index in [2.05, 4.69) is 0 Å². The molecule has 0 aliphatic carbocycles. The Morgan fingerprint density at radius 2 is 1.88 bits per heavy atom. The Morgan fingerprint density at radius 3 is 2.35 bits per heavy atom. The SMILES string of the molecule is O=S(=O)(Cl)N1CC=C(c2ccc(F)cc2)CC1. The van der Waals surface area contributed by atoms with Crippen LogP contribution >= 0.6 is 10.7 Å². The van der Waals surface area contributed by atoms with Crippen molar-refractivity contribution in [3.05, 3.63) is 41.7 Å². The van der Waals surface area contributed by atoms with E-state index in [-0.39, 0.29) is 12.4 Å². The van der Waals surface area contributed by atoms with Gasteiger partial charge in [-0.2, -0.15) is 12.7 Å². The number of halogens is 2. The van der Waals surface area contributed by atoms with E-state index in [0.717, 1.165) is 11.1 Å². The Labute approximate surface area is 104 Å². The molecule has 3 nitrogen and oxygen atoms in total.